The van der Waals surface area contributed by atoms with Crippen LogP contribution in [0.1, 0.15) is 37.7 Å². The molecule has 1 aliphatic carbocycles. The number of nitrogens with zero attached hydrogens (tertiary/aromatic N) is 1. The molecule has 148 valence electrons. The third-order valence-electron chi connectivity index (χ3n) is 5.14. The SMILES string of the molecule is O=C(COC(=O)C1(O)CCCCC1)Nc1ccc(CN2CCOCC2)cc1. The molecule has 1 amide bonds. The molecule has 2 fully saturated rings. The van der Waals surface area contributed by atoms with Gasteiger partial charge in [-0.3, -0.25) is 9.69 Å². The molecule has 0 bridgehead atoms. The number of amides is 1. The summed E-state index contributed by atoms with van der Waals surface area (Å²) in [7, 11) is 0. The van der Waals surface area contributed by atoms with Crippen molar-refractivity contribution in [2.24, 2.45) is 0 Å². The second-order valence-corrected chi connectivity index (χ2v) is 7.30. The van der Waals surface area contributed by atoms with E-state index in [4.69, 9.17) is 9.47 Å². The summed E-state index contributed by atoms with van der Waals surface area (Å²) < 4.78 is 10.4. The molecule has 7 heteroatoms. The molecule has 0 radical (unpaired) electrons. The lowest BCUT2D eigenvalue weighted by Gasteiger charge is -2.29. The molecule has 1 heterocycles. The minimum atomic E-state index is -1.43. The van der Waals surface area contributed by atoms with Gasteiger partial charge < -0.3 is 19.9 Å². The lowest BCUT2D eigenvalue weighted by Crippen LogP contribution is -2.42. The molecule has 3 rings (SSSR count). The highest BCUT2D eigenvalue weighted by Gasteiger charge is 2.38. The van der Waals surface area contributed by atoms with Crippen molar-refractivity contribution in [3.63, 3.8) is 0 Å². The molecular formula is C20H28N2O5. The number of rotatable bonds is 6. The number of nitrogens with one attached hydrogen (secondary N) is 1. The highest BCUT2D eigenvalue weighted by Crippen LogP contribution is 2.29. The fourth-order valence-corrected chi connectivity index (χ4v) is 3.51. The van der Waals surface area contributed by atoms with Crippen molar-refractivity contribution in [3.05, 3.63) is 29.8 Å². The summed E-state index contributed by atoms with van der Waals surface area (Å²) in [4.78, 5) is 26.4. The molecular weight excluding hydrogens is 348 g/mol. The van der Waals surface area contributed by atoms with E-state index in [0.717, 1.165) is 52.1 Å². The maximum Gasteiger partial charge on any atom is 0.338 e. The largest absolute Gasteiger partial charge is 0.453 e. The van der Waals surface area contributed by atoms with Gasteiger partial charge in [0.05, 0.1) is 13.2 Å². The molecule has 0 aromatic heterocycles. The van der Waals surface area contributed by atoms with Gasteiger partial charge in [-0.15, -0.1) is 0 Å². The minimum Gasteiger partial charge on any atom is -0.453 e. The number of anilines is 1. The van der Waals surface area contributed by atoms with E-state index >= 15 is 0 Å². The lowest BCUT2D eigenvalue weighted by molar-refractivity contribution is -0.170. The Bertz CT molecular complexity index is 634. The van der Waals surface area contributed by atoms with Gasteiger partial charge in [0, 0.05) is 25.3 Å². The molecule has 2 N–H and O–H groups in total. The van der Waals surface area contributed by atoms with Crippen LogP contribution in [0.4, 0.5) is 5.69 Å². The molecule has 2 aliphatic rings. The fraction of sp³-hybridized carbons (Fsp3) is 0.600. The van der Waals surface area contributed by atoms with Gasteiger partial charge in [-0.1, -0.05) is 18.6 Å². The van der Waals surface area contributed by atoms with Crippen LogP contribution in [0.3, 0.4) is 0 Å². The van der Waals surface area contributed by atoms with Crippen LogP contribution in [-0.4, -0.2) is 60.4 Å². The Kier molecular flexibility index (Phi) is 6.82. The summed E-state index contributed by atoms with van der Waals surface area (Å²) in [6, 6.07) is 7.62. The number of benzene rings is 1. The number of hydrogen-bond donors (Lipinski definition) is 2. The smallest absolute Gasteiger partial charge is 0.338 e. The standard InChI is InChI=1S/C20H28N2O5/c23-18(15-27-19(24)20(25)8-2-1-3-9-20)21-17-6-4-16(5-7-17)14-22-10-12-26-13-11-22/h4-7,25H,1-3,8-15H2,(H,21,23). The normalized spacial score (nSPS) is 20.0. The van der Waals surface area contributed by atoms with Crippen molar-refractivity contribution in [1.82, 2.24) is 4.90 Å². The number of ether oxygens (including phenoxy) is 2. The molecule has 7 nitrogen and oxygen atoms in total. The maximum atomic E-state index is 12.0. The van der Waals surface area contributed by atoms with Gasteiger partial charge in [-0.2, -0.15) is 0 Å². The average molecular weight is 376 g/mol. The summed E-state index contributed by atoms with van der Waals surface area (Å²) in [6.07, 6.45) is 3.41. The fourth-order valence-electron chi connectivity index (χ4n) is 3.51. The molecule has 0 spiro atoms. The summed E-state index contributed by atoms with van der Waals surface area (Å²) in [5.74, 6) is -1.11. The summed E-state index contributed by atoms with van der Waals surface area (Å²) in [6.45, 7) is 3.85. The van der Waals surface area contributed by atoms with Crippen LogP contribution < -0.4 is 5.32 Å². The second kappa shape index (κ2) is 9.30. The van der Waals surface area contributed by atoms with E-state index in [9.17, 15) is 14.7 Å². The van der Waals surface area contributed by atoms with Gasteiger partial charge in [-0.25, -0.2) is 4.79 Å². The number of carbonyl (C=O) groups is 2. The summed E-state index contributed by atoms with van der Waals surface area (Å²) >= 11 is 0. The Labute approximate surface area is 159 Å². The summed E-state index contributed by atoms with van der Waals surface area (Å²) in [5.41, 5.74) is 0.388. The molecule has 1 aliphatic heterocycles. The third-order valence-corrected chi connectivity index (χ3v) is 5.14. The van der Waals surface area contributed by atoms with Gasteiger partial charge in [-0.05, 0) is 43.4 Å². The van der Waals surface area contributed by atoms with Gasteiger partial charge >= 0.3 is 5.97 Å². The Morgan fingerprint density at radius 1 is 1.11 bits per heavy atom. The van der Waals surface area contributed by atoms with Crippen molar-refractivity contribution < 1.29 is 24.2 Å². The first kappa shape index (κ1) is 19.8. The molecule has 0 unspecified atom stereocenters. The predicted molar refractivity (Wildman–Crippen MR) is 100 cm³/mol. The number of morpholine rings is 1. The average Bonchev–Trinajstić information content (AvgIpc) is 2.69. The maximum absolute atomic E-state index is 12.0. The highest BCUT2D eigenvalue weighted by atomic mass is 16.6. The molecule has 1 saturated heterocycles. The monoisotopic (exact) mass is 376 g/mol. The molecule has 1 saturated carbocycles. The predicted octanol–water partition coefficient (Wildman–Crippen LogP) is 1.70. The first-order valence-corrected chi connectivity index (χ1v) is 9.64. The second-order valence-electron chi connectivity index (χ2n) is 7.30. The molecule has 27 heavy (non-hydrogen) atoms. The molecule has 0 atom stereocenters. The van der Waals surface area contributed by atoms with Crippen molar-refractivity contribution in [2.45, 2.75) is 44.2 Å². The Morgan fingerprint density at radius 2 is 1.78 bits per heavy atom. The molecule has 1 aromatic carbocycles. The number of aliphatic hydroxyl groups is 1. The zero-order valence-corrected chi connectivity index (χ0v) is 15.6. The molecule has 1 aromatic rings. The van der Waals surface area contributed by atoms with Gasteiger partial charge in [0.2, 0.25) is 0 Å². The van der Waals surface area contributed by atoms with Crippen LogP contribution in [0, 0.1) is 0 Å². The lowest BCUT2D eigenvalue weighted by atomic mass is 9.85. The minimum absolute atomic E-state index is 0.392. The quantitative estimate of drug-likeness (QED) is 0.735. The summed E-state index contributed by atoms with van der Waals surface area (Å²) in [5, 5.41) is 13.0. The van der Waals surface area contributed by atoms with E-state index in [1.54, 1.807) is 0 Å². The van der Waals surface area contributed by atoms with Gasteiger partial charge in [0.25, 0.3) is 5.91 Å². The van der Waals surface area contributed by atoms with E-state index in [2.05, 4.69) is 10.2 Å². The number of hydrogen-bond acceptors (Lipinski definition) is 6. The van der Waals surface area contributed by atoms with Crippen molar-refractivity contribution in [3.8, 4) is 0 Å². The van der Waals surface area contributed by atoms with Crippen molar-refractivity contribution in [2.75, 3.05) is 38.2 Å². The van der Waals surface area contributed by atoms with E-state index in [0.29, 0.717) is 18.5 Å². The van der Waals surface area contributed by atoms with E-state index in [-0.39, 0.29) is 0 Å². The van der Waals surface area contributed by atoms with Crippen LogP contribution in [0.25, 0.3) is 0 Å². The van der Waals surface area contributed by atoms with Gasteiger partial charge in [0.15, 0.2) is 12.2 Å². The van der Waals surface area contributed by atoms with Crippen molar-refractivity contribution >= 4 is 17.6 Å². The van der Waals surface area contributed by atoms with Gasteiger partial charge in [0.1, 0.15) is 0 Å². The third kappa shape index (κ3) is 5.76. The highest BCUT2D eigenvalue weighted by molar-refractivity contribution is 5.93. The Morgan fingerprint density at radius 3 is 2.44 bits per heavy atom. The van der Waals surface area contributed by atoms with E-state index in [1.807, 2.05) is 24.3 Å². The van der Waals surface area contributed by atoms with Crippen LogP contribution >= 0.6 is 0 Å². The number of carbonyl (C=O) groups excluding carboxylic acids is 2. The zero-order chi connectivity index (χ0) is 19.1. The number of esters is 1. The van der Waals surface area contributed by atoms with Crippen LogP contribution in [-0.2, 0) is 25.6 Å². The Hall–Kier alpha value is -1.96. The Balaban J connectivity index is 1.42. The van der Waals surface area contributed by atoms with Crippen LogP contribution in [0.15, 0.2) is 24.3 Å². The first-order chi connectivity index (χ1) is 13.0. The van der Waals surface area contributed by atoms with Crippen LogP contribution in [0.2, 0.25) is 0 Å². The van der Waals surface area contributed by atoms with E-state index < -0.39 is 24.1 Å². The van der Waals surface area contributed by atoms with Crippen molar-refractivity contribution in [1.29, 1.82) is 0 Å². The van der Waals surface area contributed by atoms with Crippen LogP contribution in [0.5, 0.6) is 0 Å². The zero-order valence-electron chi connectivity index (χ0n) is 15.6. The first-order valence-electron chi connectivity index (χ1n) is 9.64. The van der Waals surface area contributed by atoms with E-state index in [1.165, 1.54) is 5.56 Å². The topological polar surface area (TPSA) is 88.1 Å².